The lowest BCUT2D eigenvalue weighted by molar-refractivity contribution is 0.100. The lowest BCUT2D eigenvalue weighted by Crippen LogP contribution is -2.25. The molecule has 31 heavy (non-hydrogen) atoms. The highest BCUT2D eigenvalue weighted by Crippen LogP contribution is 2.42. The van der Waals surface area contributed by atoms with Gasteiger partial charge in [-0.1, -0.05) is 25.4 Å². The van der Waals surface area contributed by atoms with E-state index >= 15 is 0 Å². The van der Waals surface area contributed by atoms with E-state index < -0.39 is 22.0 Å². The molecule has 1 heterocycles. The molecular weight excluding hydrogens is 460 g/mol. The molecule has 0 atom stereocenters. The van der Waals surface area contributed by atoms with Gasteiger partial charge in [0.2, 0.25) is 0 Å². The molecule has 0 aliphatic rings. The van der Waals surface area contributed by atoms with E-state index in [0.29, 0.717) is 15.4 Å². The third-order valence-electron chi connectivity index (χ3n) is 4.52. The molecule has 8 nitrogen and oxygen atoms in total. The maximum atomic E-state index is 12.8. The molecule has 1 aromatic heterocycles. The van der Waals surface area contributed by atoms with Crippen molar-refractivity contribution in [3.63, 3.8) is 0 Å². The summed E-state index contributed by atoms with van der Waals surface area (Å²) in [5, 5.41) is 6.22. The topological polar surface area (TPSA) is 130 Å². The van der Waals surface area contributed by atoms with Gasteiger partial charge in [0, 0.05) is 27.8 Å². The lowest BCUT2D eigenvalue weighted by Gasteiger charge is -2.13. The Morgan fingerprint density at radius 3 is 2.32 bits per heavy atom. The number of fused-ring (bicyclic) bond motifs is 1. The Morgan fingerprint density at radius 2 is 1.77 bits per heavy atom. The fourth-order valence-corrected chi connectivity index (χ4v) is 5.55. The average molecular weight is 481 g/mol. The fourth-order valence-electron chi connectivity index (χ4n) is 3.04. The molecular formula is C20H21ClN4O4S2. The Hall–Kier alpha value is -2.82. The van der Waals surface area contributed by atoms with Crippen LogP contribution in [0.1, 0.15) is 35.7 Å². The van der Waals surface area contributed by atoms with Crippen molar-refractivity contribution in [2.75, 3.05) is 17.1 Å². The highest BCUT2D eigenvalue weighted by Gasteiger charge is 2.23. The molecule has 5 N–H and O–H groups in total. The van der Waals surface area contributed by atoms with Crippen molar-refractivity contribution in [2.45, 2.75) is 24.7 Å². The fraction of sp³-hybridized carbons (Fsp3) is 0.200. The molecule has 0 aliphatic heterocycles. The molecule has 0 saturated carbocycles. The van der Waals surface area contributed by atoms with Crippen LogP contribution in [-0.2, 0) is 10.0 Å². The summed E-state index contributed by atoms with van der Waals surface area (Å²) in [7, 11) is -2.44. The van der Waals surface area contributed by atoms with Crippen LogP contribution in [0.25, 0.3) is 10.1 Å². The van der Waals surface area contributed by atoms with Crippen molar-refractivity contribution >= 4 is 65.7 Å². The summed E-state index contributed by atoms with van der Waals surface area (Å²) in [4.78, 5) is 24.1. The molecule has 2 aromatic carbocycles. The van der Waals surface area contributed by atoms with Crippen molar-refractivity contribution in [3.8, 4) is 0 Å². The quantitative estimate of drug-likeness (QED) is 0.418. The van der Waals surface area contributed by atoms with E-state index in [1.165, 1.54) is 42.6 Å². The highest BCUT2D eigenvalue weighted by molar-refractivity contribution is 7.92. The second-order valence-corrected chi connectivity index (χ2v) is 10.2. The Kier molecular flexibility index (Phi) is 6.44. The Labute approximate surface area is 188 Å². The first-order valence-corrected chi connectivity index (χ1v) is 11.9. The van der Waals surface area contributed by atoms with E-state index in [1.807, 2.05) is 13.8 Å². The van der Waals surface area contributed by atoms with Crippen LogP contribution in [0.3, 0.4) is 0 Å². The number of hydrogen-bond donors (Lipinski definition) is 4. The molecule has 0 bridgehead atoms. The number of primary amides is 1. The number of anilines is 2. The first-order valence-electron chi connectivity index (χ1n) is 9.21. The van der Waals surface area contributed by atoms with Crippen molar-refractivity contribution in [1.82, 2.24) is 5.32 Å². The van der Waals surface area contributed by atoms with E-state index in [-0.39, 0.29) is 22.1 Å². The minimum Gasteiger partial charge on any atom is -0.365 e. The molecule has 0 radical (unpaired) electrons. The van der Waals surface area contributed by atoms with Gasteiger partial charge in [-0.3, -0.25) is 14.8 Å². The van der Waals surface area contributed by atoms with Crippen LogP contribution in [0.15, 0.2) is 41.3 Å². The lowest BCUT2D eigenvalue weighted by atomic mass is 9.99. The molecule has 3 rings (SSSR count). The van der Waals surface area contributed by atoms with Gasteiger partial charge in [-0.2, -0.15) is 0 Å². The van der Waals surface area contributed by atoms with Crippen LogP contribution >= 0.6 is 22.9 Å². The number of benzene rings is 2. The number of nitrogens with two attached hydrogens (primary N) is 1. The van der Waals surface area contributed by atoms with Gasteiger partial charge in [-0.15, -0.1) is 11.3 Å². The van der Waals surface area contributed by atoms with Gasteiger partial charge >= 0.3 is 6.03 Å². The molecule has 3 aromatic rings. The first-order chi connectivity index (χ1) is 14.5. The van der Waals surface area contributed by atoms with E-state index in [9.17, 15) is 18.0 Å². The van der Waals surface area contributed by atoms with E-state index in [4.69, 9.17) is 17.3 Å². The van der Waals surface area contributed by atoms with Crippen molar-refractivity contribution < 1.29 is 18.0 Å². The number of nitrogens with one attached hydrogen (secondary N) is 3. The van der Waals surface area contributed by atoms with E-state index in [1.54, 1.807) is 12.1 Å². The largest absolute Gasteiger partial charge is 0.365 e. The van der Waals surface area contributed by atoms with Crippen LogP contribution in [0.4, 0.5) is 15.5 Å². The van der Waals surface area contributed by atoms with Gasteiger partial charge in [0.15, 0.2) is 0 Å². The van der Waals surface area contributed by atoms with Crippen LogP contribution in [0.5, 0.6) is 0 Å². The van der Waals surface area contributed by atoms with Crippen LogP contribution in [-0.4, -0.2) is 27.4 Å². The maximum Gasteiger partial charge on any atom is 0.319 e. The predicted molar refractivity (Wildman–Crippen MR) is 125 cm³/mol. The zero-order chi connectivity index (χ0) is 22.9. The molecule has 0 aliphatic carbocycles. The predicted octanol–water partition coefficient (Wildman–Crippen LogP) is 4.33. The van der Waals surface area contributed by atoms with Crippen molar-refractivity contribution in [3.05, 3.63) is 52.5 Å². The number of rotatable bonds is 6. The minimum absolute atomic E-state index is 0.00899. The summed E-state index contributed by atoms with van der Waals surface area (Å²) < 4.78 is 29.0. The SMILES string of the molecule is CNC(=O)Nc1sc2c(C(C)C)cc(NS(=O)(=O)c3ccc(Cl)cc3)cc2c1C(N)=O. The van der Waals surface area contributed by atoms with E-state index in [0.717, 1.165) is 10.3 Å². The van der Waals surface area contributed by atoms with Gasteiger partial charge < -0.3 is 11.1 Å². The molecule has 3 amide bonds. The summed E-state index contributed by atoms with van der Waals surface area (Å²) >= 11 is 7.06. The number of thiophene rings is 1. The number of hydrogen-bond acceptors (Lipinski definition) is 5. The average Bonchev–Trinajstić information content (AvgIpc) is 3.04. The van der Waals surface area contributed by atoms with Crippen molar-refractivity contribution in [2.24, 2.45) is 5.73 Å². The standard InChI is InChI=1S/C20H21ClN4O4S2/c1-10(2)14-8-12(25-31(28,29)13-6-4-11(21)5-7-13)9-15-16(18(22)26)19(30-17(14)15)24-20(27)23-3/h4-10,25H,1-3H3,(H2,22,26)(H2,23,24,27). The normalized spacial score (nSPS) is 11.5. The van der Waals surface area contributed by atoms with Gasteiger partial charge in [0.25, 0.3) is 15.9 Å². The van der Waals surface area contributed by atoms with Crippen LogP contribution in [0, 0.1) is 0 Å². The number of sulfonamides is 1. The summed E-state index contributed by atoms with van der Waals surface area (Å²) in [6.45, 7) is 3.89. The zero-order valence-electron chi connectivity index (χ0n) is 16.9. The third kappa shape index (κ3) is 4.76. The molecule has 0 spiro atoms. The summed E-state index contributed by atoms with van der Waals surface area (Å²) in [6.07, 6.45) is 0. The zero-order valence-corrected chi connectivity index (χ0v) is 19.3. The maximum absolute atomic E-state index is 12.8. The summed E-state index contributed by atoms with van der Waals surface area (Å²) in [5.74, 6) is -0.722. The number of amides is 3. The second kappa shape index (κ2) is 8.74. The third-order valence-corrected chi connectivity index (χ3v) is 7.34. The number of carbonyl (C=O) groups excluding carboxylic acids is 2. The smallest absolute Gasteiger partial charge is 0.319 e. The summed E-state index contributed by atoms with van der Waals surface area (Å²) in [5.41, 5.74) is 6.80. The Morgan fingerprint density at radius 1 is 1.13 bits per heavy atom. The van der Waals surface area contributed by atoms with Crippen LogP contribution < -0.4 is 21.1 Å². The van der Waals surface area contributed by atoms with Crippen molar-refractivity contribution in [1.29, 1.82) is 0 Å². The number of urea groups is 1. The Bertz CT molecular complexity index is 1270. The first kappa shape index (κ1) is 22.9. The number of halogens is 1. The second-order valence-electron chi connectivity index (χ2n) is 7.03. The van der Waals surface area contributed by atoms with Gasteiger partial charge in [-0.25, -0.2) is 13.2 Å². The highest BCUT2D eigenvalue weighted by atomic mass is 35.5. The minimum atomic E-state index is -3.89. The molecule has 0 unspecified atom stereocenters. The number of carbonyl (C=O) groups is 2. The Balaban J connectivity index is 2.17. The summed E-state index contributed by atoms with van der Waals surface area (Å²) in [6, 6.07) is 8.53. The van der Waals surface area contributed by atoms with Gasteiger partial charge in [-0.05, 0) is 47.9 Å². The molecule has 0 fully saturated rings. The molecule has 11 heteroatoms. The van der Waals surface area contributed by atoms with Crippen LogP contribution in [0.2, 0.25) is 5.02 Å². The van der Waals surface area contributed by atoms with E-state index in [2.05, 4.69) is 15.4 Å². The van der Waals surface area contributed by atoms with Gasteiger partial charge in [0.1, 0.15) is 5.00 Å². The monoisotopic (exact) mass is 480 g/mol. The molecule has 0 saturated heterocycles. The molecule has 164 valence electrons. The van der Waals surface area contributed by atoms with Gasteiger partial charge in [0.05, 0.1) is 10.5 Å².